The van der Waals surface area contributed by atoms with Crippen LogP contribution in [0, 0.1) is 0 Å². The van der Waals surface area contributed by atoms with Crippen molar-refractivity contribution in [2.24, 2.45) is 0 Å². The third kappa shape index (κ3) is 3.49. The van der Waals surface area contributed by atoms with E-state index in [1.165, 1.54) is 0 Å². The van der Waals surface area contributed by atoms with Crippen molar-refractivity contribution < 1.29 is 9.53 Å². The van der Waals surface area contributed by atoms with E-state index in [0.29, 0.717) is 50.6 Å². The van der Waals surface area contributed by atoms with E-state index in [4.69, 9.17) is 4.74 Å². The van der Waals surface area contributed by atoms with Crippen LogP contribution < -0.4 is 16.1 Å². The molecule has 1 fully saturated rings. The third-order valence-electron chi connectivity index (χ3n) is 3.64. The average Bonchev–Trinajstić information content (AvgIpc) is 2.50. The number of aromatic amines is 2. The number of carbonyl (C=O) groups excluding carboxylic acids is 1. The molecule has 0 bridgehead atoms. The van der Waals surface area contributed by atoms with Gasteiger partial charge in [-0.05, 0) is 13.3 Å². The molecule has 0 aliphatic carbocycles. The highest BCUT2D eigenvalue weighted by Gasteiger charge is 2.24. The first kappa shape index (κ1) is 16.1. The van der Waals surface area contributed by atoms with E-state index in [-0.39, 0.29) is 11.7 Å². The van der Waals surface area contributed by atoms with Crippen LogP contribution in [0.5, 0.6) is 0 Å². The smallest absolute Gasteiger partial charge is 0.409 e. The summed E-state index contributed by atoms with van der Waals surface area (Å²) in [4.78, 5) is 43.8. The van der Waals surface area contributed by atoms with E-state index in [2.05, 4.69) is 9.97 Å². The number of piperazine rings is 1. The quantitative estimate of drug-likeness (QED) is 0.833. The molecule has 22 heavy (non-hydrogen) atoms. The van der Waals surface area contributed by atoms with Gasteiger partial charge in [0.15, 0.2) is 0 Å². The Morgan fingerprint density at radius 1 is 1.14 bits per heavy atom. The van der Waals surface area contributed by atoms with Gasteiger partial charge in [-0.1, -0.05) is 13.3 Å². The summed E-state index contributed by atoms with van der Waals surface area (Å²) in [6.45, 7) is 6.20. The number of ether oxygens (including phenoxy) is 1. The lowest BCUT2D eigenvalue weighted by Gasteiger charge is -2.35. The topological polar surface area (TPSA) is 98.5 Å². The van der Waals surface area contributed by atoms with E-state index in [1.807, 2.05) is 11.8 Å². The Bertz CT molecular complexity index is 628. The van der Waals surface area contributed by atoms with Gasteiger partial charge in [-0.15, -0.1) is 0 Å². The lowest BCUT2D eigenvalue weighted by atomic mass is 10.1. The van der Waals surface area contributed by atoms with Gasteiger partial charge in [0.1, 0.15) is 5.82 Å². The van der Waals surface area contributed by atoms with Gasteiger partial charge in [0.2, 0.25) is 0 Å². The molecule has 0 saturated carbocycles. The normalized spacial score (nSPS) is 15.0. The maximum Gasteiger partial charge on any atom is 0.409 e. The van der Waals surface area contributed by atoms with Crippen LogP contribution in [0.4, 0.5) is 10.6 Å². The zero-order valence-corrected chi connectivity index (χ0v) is 13.0. The second-order valence-corrected chi connectivity index (χ2v) is 5.16. The predicted octanol–water partition coefficient (Wildman–Crippen LogP) is 0.294. The van der Waals surface area contributed by atoms with Crippen LogP contribution in [-0.4, -0.2) is 53.7 Å². The number of hydrogen-bond donors (Lipinski definition) is 2. The van der Waals surface area contributed by atoms with Gasteiger partial charge < -0.3 is 14.5 Å². The van der Waals surface area contributed by atoms with Crippen molar-refractivity contribution in [1.29, 1.82) is 0 Å². The second kappa shape index (κ2) is 7.15. The Hall–Kier alpha value is -2.25. The first-order valence-corrected chi connectivity index (χ1v) is 7.59. The molecule has 0 unspecified atom stereocenters. The molecule has 0 aromatic carbocycles. The minimum atomic E-state index is -0.507. The Labute approximate surface area is 128 Å². The largest absolute Gasteiger partial charge is 0.450 e. The molecule has 2 rings (SSSR count). The van der Waals surface area contributed by atoms with E-state index >= 15 is 0 Å². The highest BCUT2D eigenvalue weighted by Crippen LogP contribution is 2.16. The highest BCUT2D eigenvalue weighted by atomic mass is 16.6. The maximum atomic E-state index is 12.0. The van der Waals surface area contributed by atoms with Crippen LogP contribution in [0.2, 0.25) is 0 Å². The fourth-order valence-electron chi connectivity index (χ4n) is 2.58. The highest BCUT2D eigenvalue weighted by molar-refractivity contribution is 5.68. The number of H-pyrrole nitrogens is 2. The predicted molar refractivity (Wildman–Crippen MR) is 82.5 cm³/mol. The summed E-state index contributed by atoms with van der Waals surface area (Å²) >= 11 is 0. The second-order valence-electron chi connectivity index (χ2n) is 5.16. The van der Waals surface area contributed by atoms with Crippen LogP contribution >= 0.6 is 0 Å². The molecule has 1 aliphatic rings. The maximum absolute atomic E-state index is 12.0. The lowest BCUT2D eigenvalue weighted by molar-refractivity contribution is 0.105. The molecule has 1 aromatic heterocycles. The monoisotopic (exact) mass is 310 g/mol. The SMILES string of the molecule is CCCc1c(N2CCN(C(=O)OCC)CC2)[nH]c(=O)[nH]c1=O. The first-order chi connectivity index (χ1) is 10.6. The van der Waals surface area contributed by atoms with Gasteiger partial charge in [-0.2, -0.15) is 0 Å². The van der Waals surface area contributed by atoms with Gasteiger partial charge in [-0.25, -0.2) is 9.59 Å². The molecule has 8 heteroatoms. The Balaban J connectivity index is 2.16. The number of amides is 1. The van der Waals surface area contributed by atoms with Crippen LogP contribution in [0.15, 0.2) is 9.59 Å². The molecule has 2 heterocycles. The van der Waals surface area contributed by atoms with Crippen molar-refractivity contribution in [2.75, 3.05) is 37.7 Å². The molecule has 1 aromatic rings. The minimum absolute atomic E-state index is 0.324. The molecule has 8 nitrogen and oxygen atoms in total. The summed E-state index contributed by atoms with van der Waals surface area (Å²) < 4.78 is 4.98. The Kier molecular flexibility index (Phi) is 5.24. The van der Waals surface area contributed by atoms with E-state index in [0.717, 1.165) is 6.42 Å². The summed E-state index contributed by atoms with van der Waals surface area (Å²) in [5.74, 6) is 0.569. The van der Waals surface area contributed by atoms with Crippen molar-refractivity contribution in [3.63, 3.8) is 0 Å². The van der Waals surface area contributed by atoms with Gasteiger partial charge in [0.05, 0.1) is 12.2 Å². The van der Waals surface area contributed by atoms with E-state index in [9.17, 15) is 14.4 Å². The van der Waals surface area contributed by atoms with Crippen molar-refractivity contribution in [3.05, 3.63) is 26.4 Å². The number of carbonyl (C=O) groups is 1. The number of rotatable bonds is 4. The zero-order chi connectivity index (χ0) is 16.1. The van der Waals surface area contributed by atoms with Gasteiger partial charge >= 0.3 is 11.8 Å². The molecular weight excluding hydrogens is 288 g/mol. The molecule has 1 saturated heterocycles. The van der Waals surface area contributed by atoms with Gasteiger partial charge in [0, 0.05) is 26.2 Å². The third-order valence-corrected chi connectivity index (χ3v) is 3.64. The fourth-order valence-corrected chi connectivity index (χ4v) is 2.58. The summed E-state index contributed by atoms with van der Waals surface area (Å²) in [5, 5.41) is 0. The molecule has 2 N–H and O–H groups in total. The molecule has 0 spiro atoms. The number of nitrogens with one attached hydrogen (secondary N) is 2. The van der Waals surface area contributed by atoms with Crippen molar-refractivity contribution >= 4 is 11.9 Å². The molecule has 1 aliphatic heterocycles. The van der Waals surface area contributed by atoms with Gasteiger partial charge in [-0.3, -0.25) is 14.8 Å². The summed E-state index contributed by atoms with van der Waals surface area (Å²) in [6.07, 6.45) is 1.08. The zero-order valence-electron chi connectivity index (χ0n) is 13.0. The standard InChI is InChI=1S/C14H22N4O4/c1-3-5-10-11(15-13(20)16-12(10)19)17-6-8-18(9-7-17)14(21)22-4-2/h3-9H2,1-2H3,(H2,15,16,19,20). The summed E-state index contributed by atoms with van der Waals surface area (Å²) in [6, 6.07) is 0. The minimum Gasteiger partial charge on any atom is -0.450 e. The van der Waals surface area contributed by atoms with Crippen molar-refractivity contribution in [2.45, 2.75) is 26.7 Å². The van der Waals surface area contributed by atoms with Crippen LogP contribution in [0.1, 0.15) is 25.8 Å². The fraction of sp³-hybridized carbons (Fsp3) is 0.643. The Morgan fingerprint density at radius 3 is 2.41 bits per heavy atom. The number of anilines is 1. The average molecular weight is 310 g/mol. The number of nitrogens with zero attached hydrogens (tertiary/aromatic N) is 2. The summed E-state index contributed by atoms with van der Waals surface area (Å²) in [5.41, 5.74) is -0.257. The van der Waals surface area contributed by atoms with Crippen LogP contribution in [0.25, 0.3) is 0 Å². The molecule has 1 amide bonds. The molecular formula is C14H22N4O4. The van der Waals surface area contributed by atoms with Crippen molar-refractivity contribution in [3.8, 4) is 0 Å². The van der Waals surface area contributed by atoms with E-state index in [1.54, 1.807) is 11.8 Å². The summed E-state index contributed by atoms with van der Waals surface area (Å²) in [7, 11) is 0. The van der Waals surface area contributed by atoms with Gasteiger partial charge in [0.25, 0.3) is 5.56 Å². The molecule has 0 radical (unpaired) electrons. The van der Waals surface area contributed by atoms with Crippen LogP contribution in [-0.2, 0) is 11.2 Å². The lowest BCUT2D eigenvalue weighted by Crippen LogP contribution is -2.50. The molecule has 0 atom stereocenters. The molecule has 122 valence electrons. The van der Waals surface area contributed by atoms with E-state index < -0.39 is 5.69 Å². The first-order valence-electron chi connectivity index (χ1n) is 7.59. The number of aromatic nitrogens is 2. The van der Waals surface area contributed by atoms with Crippen LogP contribution in [0.3, 0.4) is 0 Å². The Morgan fingerprint density at radius 2 is 1.82 bits per heavy atom. The number of hydrogen-bond acceptors (Lipinski definition) is 5. The van der Waals surface area contributed by atoms with Crippen molar-refractivity contribution in [1.82, 2.24) is 14.9 Å².